The van der Waals surface area contributed by atoms with Crippen LogP contribution in [0.3, 0.4) is 0 Å². The summed E-state index contributed by atoms with van der Waals surface area (Å²) < 4.78 is 0. The molecular formula is C74H120N12O13. The number of hydrogen-bond acceptors (Lipinski definition) is 14. The molecule has 7 N–H and O–H groups in total. The first-order valence-electron chi connectivity index (χ1n) is 35.3. The minimum absolute atomic E-state index is 0.0186. The summed E-state index contributed by atoms with van der Waals surface area (Å²) in [5, 5.41) is 28.4. The molecule has 1 aliphatic heterocycles. The third-order valence-corrected chi connectivity index (χ3v) is 18.7. The number of amides is 11. The van der Waals surface area contributed by atoms with Gasteiger partial charge < -0.3 is 66.4 Å². The van der Waals surface area contributed by atoms with Crippen molar-refractivity contribution in [1.29, 1.82) is 0 Å². The van der Waals surface area contributed by atoms with Crippen LogP contribution in [0.5, 0.6) is 0 Å². The van der Waals surface area contributed by atoms with Gasteiger partial charge in [0.05, 0.1) is 37.1 Å². The van der Waals surface area contributed by atoms with Gasteiger partial charge in [-0.05, 0) is 106 Å². The zero-order chi connectivity index (χ0) is 75.0. The average molecular weight is 1390 g/mol. The largest absolute Gasteiger partial charge is 0.391 e. The highest BCUT2D eigenvalue weighted by atomic mass is 16.3. The molecule has 1 saturated heterocycles. The van der Waals surface area contributed by atoms with Crippen LogP contribution < -0.4 is 31.9 Å². The van der Waals surface area contributed by atoms with Crippen molar-refractivity contribution in [3.8, 4) is 0 Å². The van der Waals surface area contributed by atoms with Crippen molar-refractivity contribution in [3.05, 3.63) is 71.8 Å². The Kier molecular flexibility index (Phi) is 34.9. The Bertz CT molecular complexity index is 3020. The van der Waals surface area contributed by atoms with Crippen LogP contribution in [0.2, 0.25) is 0 Å². The van der Waals surface area contributed by atoms with E-state index in [9.17, 15) is 57.8 Å². The Labute approximate surface area is 589 Å². The minimum atomic E-state index is -1.61. The summed E-state index contributed by atoms with van der Waals surface area (Å²) >= 11 is 0. The highest BCUT2D eigenvalue weighted by Crippen LogP contribution is 2.23. The number of aliphatic hydroxyl groups is 1. The van der Waals surface area contributed by atoms with Crippen molar-refractivity contribution in [2.45, 2.75) is 209 Å². The zero-order valence-electron chi connectivity index (χ0n) is 63.0. The molecule has 0 aliphatic carbocycles. The van der Waals surface area contributed by atoms with Gasteiger partial charge in [0, 0.05) is 55.4 Å². The number of likely N-dealkylation sites (N-methyl/N-ethyl adjacent to an activating group) is 6. The number of rotatable bonds is 16. The highest BCUT2D eigenvalue weighted by Gasteiger charge is 2.42. The summed E-state index contributed by atoms with van der Waals surface area (Å²) in [4.78, 5) is 183. The zero-order valence-corrected chi connectivity index (χ0v) is 63.0. The van der Waals surface area contributed by atoms with E-state index in [1.54, 1.807) is 51.1 Å². The van der Waals surface area contributed by atoms with Gasteiger partial charge in [-0.25, -0.2) is 0 Å². The molecule has 0 spiro atoms. The molecule has 0 saturated carbocycles. The molecule has 0 bridgehead atoms. The van der Waals surface area contributed by atoms with E-state index >= 15 is 4.79 Å². The molecule has 1 fully saturated rings. The van der Waals surface area contributed by atoms with Gasteiger partial charge in [0.1, 0.15) is 48.3 Å². The second kappa shape index (κ2) is 40.5. The van der Waals surface area contributed by atoms with Crippen LogP contribution in [0.1, 0.15) is 147 Å². The number of aliphatic hydroxyl groups excluding tert-OH is 1. The fraction of sp³-hybridized carbons (Fsp3) is 0.676. The molecule has 1 aliphatic rings. The molecule has 2 aromatic rings. The normalized spacial score (nSPS) is 25.9. The molecule has 3 rings (SSSR count). The van der Waals surface area contributed by atoms with Crippen molar-refractivity contribution >= 4 is 70.8 Å². The van der Waals surface area contributed by atoms with E-state index in [0.29, 0.717) is 12.0 Å². The lowest BCUT2D eigenvalue weighted by atomic mass is 9.93. The summed E-state index contributed by atoms with van der Waals surface area (Å²) in [6.45, 7) is 25.3. The van der Waals surface area contributed by atoms with Crippen molar-refractivity contribution in [1.82, 2.24) is 61.3 Å². The molecule has 25 nitrogen and oxygen atoms in total. The van der Waals surface area contributed by atoms with E-state index in [4.69, 9.17) is 0 Å². The van der Waals surface area contributed by atoms with Gasteiger partial charge in [0.25, 0.3) is 0 Å². The fourth-order valence-electron chi connectivity index (χ4n) is 12.4. The second-order valence-electron chi connectivity index (χ2n) is 29.4. The van der Waals surface area contributed by atoms with Gasteiger partial charge in [-0.3, -0.25) is 57.5 Å². The summed E-state index contributed by atoms with van der Waals surface area (Å²) in [6, 6.07) is 7.36. The number of nitrogens with zero attached hydrogens (tertiary/aromatic N) is 6. The lowest BCUT2D eigenvalue weighted by molar-refractivity contribution is -0.148. The number of carbonyl (C=O) groups is 12. The molecule has 1 heterocycles. The quantitative estimate of drug-likeness (QED) is 0.126. The molecular weight excluding hydrogens is 1260 g/mol. The predicted molar refractivity (Wildman–Crippen MR) is 381 cm³/mol. The maximum atomic E-state index is 15.0. The SMILES string of the molecule is CC[C@H](C)[C@H]1C(=O)NCC(=O)N(C)C[C@@H](Cc2ccccc2)C(=O)N[C@@H]([C@@H](C)O)C(=O)N(C)[C@@H](CC(C)C)C(=O)N[C@@H](CC(C)C)C(=O)N[C@@H](C)C(=O)N(C)[C@H](C)C(=O)N(C)[C@@H](CC(C)C)C(=O)CNC[C@@H](Cc2ccccc2)C(=O)N(C)[C@@H](CC(C)C)C(=O)N[C@@H](C(C)C)C(=O)N1C. The third kappa shape index (κ3) is 25.7. The van der Waals surface area contributed by atoms with E-state index in [-0.39, 0.29) is 87.6 Å². The van der Waals surface area contributed by atoms with Crippen LogP contribution in [0.25, 0.3) is 0 Å². The molecule has 0 aromatic heterocycles. The molecule has 13 atom stereocenters. The number of ketones is 1. The third-order valence-electron chi connectivity index (χ3n) is 18.7. The second-order valence-corrected chi connectivity index (χ2v) is 29.4. The maximum Gasteiger partial charge on any atom is 0.248 e. The van der Waals surface area contributed by atoms with Crippen LogP contribution in [0.4, 0.5) is 0 Å². The summed E-state index contributed by atoms with van der Waals surface area (Å²) in [5.41, 5.74) is 1.52. The molecule has 99 heavy (non-hydrogen) atoms. The van der Waals surface area contributed by atoms with Crippen molar-refractivity contribution in [2.75, 3.05) is 68.5 Å². The highest BCUT2D eigenvalue weighted by molar-refractivity contribution is 5.99. The van der Waals surface area contributed by atoms with E-state index in [1.807, 2.05) is 92.6 Å². The van der Waals surface area contributed by atoms with Crippen LogP contribution in [-0.4, -0.2) is 234 Å². The van der Waals surface area contributed by atoms with Crippen LogP contribution in [-0.2, 0) is 70.4 Å². The molecule has 11 amide bonds. The topological polar surface area (TPSA) is 317 Å². The number of Topliss-reactive ketones (excluding diaryl/α,β-unsaturated/α-hetero) is 1. The van der Waals surface area contributed by atoms with Gasteiger partial charge in [0.2, 0.25) is 65.0 Å². The van der Waals surface area contributed by atoms with Crippen molar-refractivity contribution in [3.63, 3.8) is 0 Å². The van der Waals surface area contributed by atoms with E-state index in [2.05, 4.69) is 31.9 Å². The molecule has 25 heteroatoms. The van der Waals surface area contributed by atoms with Gasteiger partial charge >= 0.3 is 0 Å². The molecule has 0 unspecified atom stereocenters. The van der Waals surface area contributed by atoms with Crippen LogP contribution >= 0.6 is 0 Å². The van der Waals surface area contributed by atoms with Gasteiger partial charge in [-0.2, -0.15) is 0 Å². The predicted octanol–water partition coefficient (Wildman–Crippen LogP) is 3.83. The van der Waals surface area contributed by atoms with E-state index < -0.39 is 156 Å². The van der Waals surface area contributed by atoms with E-state index in [0.717, 1.165) is 10.5 Å². The Morgan fingerprint density at radius 3 is 1.40 bits per heavy atom. The molecule has 554 valence electrons. The summed E-state index contributed by atoms with van der Waals surface area (Å²) in [5.74, 6) is -10.9. The lowest BCUT2D eigenvalue weighted by Crippen LogP contribution is -2.61. The van der Waals surface area contributed by atoms with Crippen molar-refractivity contribution < 1.29 is 62.6 Å². The van der Waals surface area contributed by atoms with Gasteiger partial charge in [-0.1, -0.05) is 150 Å². The van der Waals surface area contributed by atoms with Crippen LogP contribution in [0, 0.1) is 47.3 Å². The first-order valence-corrected chi connectivity index (χ1v) is 35.3. The monoisotopic (exact) mass is 1380 g/mol. The standard InChI is InChI=1S/C74H120N12O13/c1-22-48(12)64-69(94)76-41-61(89)81(16)42-55(38-53-31-27-24-28-32-53)65(90)80-63(51(15)87)74(99)85(20)58(35-45(6)7)67(92)78-56(33-43(2)3)66(91)77-49(13)70(95)82(17)50(14)71(96)83(18)57(34-44(4)5)60(88)40-75-39-54(37-52-29-25-23-26-30-52)72(97)84(19)59(36-46(8)9)68(93)79-62(47(10)11)73(98)86(64)21/h23-32,43-51,54-59,62-64,75,87H,22,33-42H2,1-21H3,(H,76,94)(H,77,91)(H,78,92)(H,79,93)(H,80,90)/t48-,49-,50+,51+,54+,55+,56-,57-,58-,59-,62-,63-,64-/m0/s1. The summed E-state index contributed by atoms with van der Waals surface area (Å²) in [7, 11) is 8.71. The Morgan fingerprint density at radius 2 is 0.919 bits per heavy atom. The number of benzene rings is 2. The Hall–Kier alpha value is -7.80. The Balaban J connectivity index is 2.24. The fourth-order valence-corrected chi connectivity index (χ4v) is 12.4. The average Bonchev–Trinajstić information content (AvgIpc) is 0.833. The lowest BCUT2D eigenvalue weighted by Gasteiger charge is -2.37. The first kappa shape index (κ1) is 85.4. The summed E-state index contributed by atoms with van der Waals surface area (Å²) in [6.07, 6.45) is -0.166. The number of hydrogen-bond donors (Lipinski definition) is 7. The maximum absolute atomic E-state index is 15.0. The molecule has 2 aromatic carbocycles. The smallest absolute Gasteiger partial charge is 0.248 e. The van der Waals surface area contributed by atoms with Crippen molar-refractivity contribution in [2.24, 2.45) is 47.3 Å². The van der Waals surface area contributed by atoms with Gasteiger partial charge in [-0.15, -0.1) is 0 Å². The van der Waals surface area contributed by atoms with Gasteiger partial charge in [0.15, 0.2) is 5.78 Å². The Morgan fingerprint density at radius 1 is 0.465 bits per heavy atom. The van der Waals surface area contributed by atoms with Crippen LogP contribution in [0.15, 0.2) is 60.7 Å². The van der Waals surface area contributed by atoms with E-state index in [1.165, 1.54) is 87.6 Å². The molecule has 0 radical (unpaired) electrons. The minimum Gasteiger partial charge on any atom is -0.391 e. The number of carbonyl (C=O) groups excluding carboxylic acids is 12. The number of nitrogens with one attached hydrogen (secondary N) is 6. The first-order chi connectivity index (χ1) is 46.2.